The molecule has 0 spiro atoms. The highest BCUT2D eigenvalue weighted by Crippen LogP contribution is 2.36. The number of esters is 1. The summed E-state index contributed by atoms with van der Waals surface area (Å²) in [5.41, 5.74) is 1.72. The largest absolute Gasteiger partial charge is 0.493 e. The van der Waals surface area contributed by atoms with Gasteiger partial charge in [-0.15, -0.1) is 0 Å². The van der Waals surface area contributed by atoms with Crippen LogP contribution >= 0.6 is 11.3 Å². The molecular weight excluding hydrogens is 594 g/mol. The van der Waals surface area contributed by atoms with E-state index in [1.807, 2.05) is 30.3 Å². The maximum Gasteiger partial charge on any atom is 0.338 e. The second-order valence-electron chi connectivity index (χ2n) is 10.4. The van der Waals surface area contributed by atoms with Gasteiger partial charge in [-0.1, -0.05) is 79.6 Å². The number of carbonyl (C=O) groups excluding carboxylic acids is 1. The Hall–Kier alpha value is -5.03. The lowest BCUT2D eigenvalue weighted by atomic mass is 9.95. The molecule has 232 valence electrons. The van der Waals surface area contributed by atoms with E-state index < -0.39 is 22.5 Å². The van der Waals surface area contributed by atoms with Crippen LogP contribution in [0.3, 0.4) is 0 Å². The highest BCUT2D eigenvalue weighted by atomic mass is 32.1. The van der Waals surface area contributed by atoms with Crippen LogP contribution in [0.15, 0.2) is 93.9 Å². The minimum absolute atomic E-state index is 0.0408. The molecule has 1 aliphatic heterocycles. The number of thiazole rings is 1. The van der Waals surface area contributed by atoms with E-state index >= 15 is 0 Å². The SMILES string of the molecule is CCCCCOc1ccc(C2C(C(=O)OCc3ccccc3)=C(C)N=c3s/c(=C\c4ccccc4[N+](=O)[O-])c(=O)n32)cc1OC. The fourth-order valence-electron chi connectivity index (χ4n) is 5.12. The van der Waals surface area contributed by atoms with E-state index in [0.717, 1.165) is 36.2 Å². The van der Waals surface area contributed by atoms with Crippen molar-refractivity contribution in [2.45, 2.75) is 45.8 Å². The molecule has 0 bridgehead atoms. The Labute approximate surface area is 263 Å². The van der Waals surface area contributed by atoms with E-state index in [-0.39, 0.29) is 28.0 Å². The second kappa shape index (κ2) is 14.2. The molecule has 4 aromatic rings. The topological polar surface area (TPSA) is 122 Å². The number of nitro benzene ring substituents is 1. The lowest BCUT2D eigenvalue weighted by molar-refractivity contribution is -0.385. The number of unbranched alkanes of at least 4 members (excludes halogenated alkanes) is 2. The number of benzene rings is 3. The van der Waals surface area contributed by atoms with Gasteiger partial charge in [0.05, 0.1) is 46.0 Å². The van der Waals surface area contributed by atoms with Gasteiger partial charge >= 0.3 is 5.97 Å². The highest BCUT2D eigenvalue weighted by Gasteiger charge is 2.34. The van der Waals surface area contributed by atoms with Crippen molar-refractivity contribution >= 4 is 29.1 Å². The van der Waals surface area contributed by atoms with Crippen molar-refractivity contribution in [1.82, 2.24) is 4.57 Å². The standard InChI is InChI=1S/C34H33N3O7S/c1-4-5-11-18-43-27-17-16-25(19-28(27)42-3)31-30(33(39)44-21-23-12-7-6-8-13-23)22(2)35-34-36(31)32(38)29(45-34)20-24-14-9-10-15-26(24)37(40)41/h6-10,12-17,19-20,31H,4-5,11,18,21H2,1-3H3/b29-20-. The number of fused-ring (bicyclic) bond motifs is 1. The lowest BCUT2D eigenvalue weighted by Crippen LogP contribution is -2.40. The van der Waals surface area contributed by atoms with Gasteiger partial charge in [0.15, 0.2) is 16.3 Å². The molecule has 0 saturated heterocycles. The number of para-hydroxylation sites is 1. The number of methoxy groups -OCH3 is 1. The van der Waals surface area contributed by atoms with Gasteiger partial charge in [0.25, 0.3) is 11.2 Å². The molecule has 1 aromatic heterocycles. The molecular formula is C34H33N3O7S. The maximum atomic E-state index is 14.0. The van der Waals surface area contributed by atoms with Gasteiger partial charge < -0.3 is 14.2 Å². The third-order valence-corrected chi connectivity index (χ3v) is 8.37. The van der Waals surface area contributed by atoms with E-state index in [4.69, 9.17) is 14.2 Å². The van der Waals surface area contributed by atoms with Crippen LogP contribution in [0.4, 0.5) is 5.69 Å². The van der Waals surface area contributed by atoms with Crippen LogP contribution in [-0.2, 0) is 16.1 Å². The molecule has 0 radical (unpaired) electrons. The second-order valence-corrected chi connectivity index (χ2v) is 11.4. The molecule has 11 heteroatoms. The minimum atomic E-state index is -0.902. The van der Waals surface area contributed by atoms with Gasteiger partial charge in [-0.3, -0.25) is 19.5 Å². The Kier molecular flexibility index (Phi) is 9.89. The summed E-state index contributed by atoms with van der Waals surface area (Å²) in [6.45, 7) is 4.39. The first-order valence-electron chi connectivity index (χ1n) is 14.6. The zero-order chi connectivity index (χ0) is 31.9. The molecule has 1 aliphatic rings. The third-order valence-electron chi connectivity index (χ3n) is 7.38. The molecule has 5 rings (SSSR count). The van der Waals surface area contributed by atoms with Crippen LogP contribution in [0.1, 0.15) is 55.8 Å². The molecule has 1 atom stereocenters. The predicted octanol–water partition coefficient (Wildman–Crippen LogP) is 5.46. The number of aromatic nitrogens is 1. The monoisotopic (exact) mass is 627 g/mol. The average molecular weight is 628 g/mol. The Bertz CT molecular complexity index is 1930. The minimum Gasteiger partial charge on any atom is -0.493 e. The lowest BCUT2D eigenvalue weighted by Gasteiger charge is -2.25. The van der Waals surface area contributed by atoms with Crippen molar-refractivity contribution in [3.63, 3.8) is 0 Å². The summed E-state index contributed by atoms with van der Waals surface area (Å²) in [7, 11) is 1.53. The van der Waals surface area contributed by atoms with Crippen molar-refractivity contribution in [1.29, 1.82) is 0 Å². The molecule has 1 unspecified atom stereocenters. The molecule has 0 amide bonds. The van der Waals surface area contributed by atoms with Gasteiger partial charge in [0.1, 0.15) is 6.61 Å². The number of ether oxygens (including phenoxy) is 3. The number of nitro groups is 1. The molecule has 0 N–H and O–H groups in total. The van der Waals surface area contributed by atoms with Crippen molar-refractivity contribution in [3.05, 3.63) is 131 Å². The predicted molar refractivity (Wildman–Crippen MR) is 171 cm³/mol. The first-order chi connectivity index (χ1) is 21.8. The smallest absolute Gasteiger partial charge is 0.338 e. The summed E-state index contributed by atoms with van der Waals surface area (Å²) in [6, 6.07) is 19.9. The van der Waals surface area contributed by atoms with Gasteiger partial charge in [-0.05, 0) is 48.7 Å². The van der Waals surface area contributed by atoms with Gasteiger partial charge in [-0.25, -0.2) is 9.79 Å². The fourth-order valence-corrected chi connectivity index (χ4v) is 6.16. The average Bonchev–Trinajstić information content (AvgIpc) is 3.35. The van der Waals surface area contributed by atoms with E-state index in [0.29, 0.717) is 34.2 Å². The number of carbonyl (C=O) groups is 1. The number of allylic oxidation sites excluding steroid dienone is 1. The number of nitrogens with zero attached hydrogens (tertiary/aromatic N) is 3. The van der Waals surface area contributed by atoms with Crippen molar-refractivity contribution in [3.8, 4) is 11.5 Å². The van der Waals surface area contributed by atoms with Crippen LogP contribution in [0.2, 0.25) is 0 Å². The van der Waals surface area contributed by atoms with Gasteiger partial charge in [-0.2, -0.15) is 0 Å². The normalized spacial score (nSPS) is 14.5. The summed E-state index contributed by atoms with van der Waals surface area (Å²) < 4.78 is 19.1. The Morgan fingerprint density at radius 1 is 1.07 bits per heavy atom. The summed E-state index contributed by atoms with van der Waals surface area (Å²) in [4.78, 5) is 43.9. The van der Waals surface area contributed by atoms with E-state index in [9.17, 15) is 19.7 Å². The Balaban J connectivity index is 1.62. The molecule has 0 fully saturated rings. The summed E-state index contributed by atoms with van der Waals surface area (Å²) in [5, 5.41) is 11.6. The first-order valence-corrected chi connectivity index (χ1v) is 15.4. The van der Waals surface area contributed by atoms with Crippen LogP contribution in [-0.4, -0.2) is 29.2 Å². The van der Waals surface area contributed by atoms with Crippen LogP contribution < -0.4 is 24.4 Å². The quantitative estimate of drug-likeness (QED) is 0.0884. The Morgan fingerprint density at radius 3 is 2.56 bits per heavy atom. The number of hydrogen-bond donors (Lipinski definition) is 0. The maximum absolute atomic E-state index is 14.0. The summed E-state index contributed by atoms with van der Waals surface area (Å²) >= 11 is 1.10. The molecule has 0 aliphatic carbocycles. The molecule has 0 saturated carbocycles. The zero-order valence-corrected chi connectivity index (χ0v) is 26.0. The van der Waals surface area contributed by atoms with E-state index in [2.05, 4.69) is 11.9 Å². The molecule has 3 aromatic carbocycles. The van der Waals surface area contributed by atoms with E-state index in [1.54, 1.807) is 43.3 Å². The van der Waals surface area contributed by atoms with Gasteiger partial charge in [0.2, 0.25) is 0 Å². The zero-order valence-electron chi connectivity index (χ0n) is 25.2. The van der Waals surface area contributed by atoms with Crippen LogP contribution in [0.25, 0.3) is 6.08 Å². The van der Waals surface area contributed by atoms with Crippen LogP contribution in [0, 0.1) is 10.1 Å². The number of rotatable bonds is 12. The van der Waals surface area contributed by atoms with Crippen LogP contribution in [0.5, 0.6) is 11.5 Å². The molecule has 10 nitrogen and oxygen atoms in total. The summed E-state index contributed by atoms with van der Waals surface area (Å²) in [6.07, 6.45) is 4.49. The summed E-state index contributed by atoms with van der Waals surface area (Å²) in [5.74, 6) is 0.393. The fraction of sp³-hybridized carbons (Fsp3) is 0.265. The molecule has 2 heterocycles. The number of hydrogen-bond acceptors (Lipinski definition) is 9. The Morgan fingerprint density at radius 2 is 1.82 bits per heavy atom. The van der Waals surface area contributed by atoms with E-state index in [1.165, 1.54) is 23.8 Å². The molecule has 45 heavy (non-hydrogen) atoms. The van der Waals surface area contributed by atoms with Gasteiger partial charge in [0, 0.05) is 6.07 Å². The third kappa shape index (κ3) is 6.88. The highest BCUT2D eigenvalue weighted by molar-refractivity contribution is 7.07. The first kappa shape index (κ1) is 31.4. The van der Waals surface area contributed by atoms with Crippen molar-refractivity contribution in [2.24, 2.45) is 4.99 Å². The van der Waals surface area contributed by atoms with Crippen molar-refractivity contribution < 1.29 is 23.9 Å². The van der Waals surface area contributed by atoms with Crippen molar-refractivity contribution in [2.75, 3.05) is 13.7 Å².